The molecule has 0 aliphatic carbocycles. The second-order valence-electron chi connectivity index (χ2n) is 7.53. The Morgan fingerprint density at radius 2 is 2.18 bits per heavy atom. The molecule has 7 heteroatoms. The van der Waals surface area contributed by atoms with Gasteiger partial charge in [0.15, 0.2) is 5.82 Å². The minimum atomic E-state index is 0.0858. The summed E-state index contributed by atoms with van der Waals surface area (Å²) in [6.45, 7) is 8.23. The molecule has 1 amide bonds. The van der Waals surface area contributed by atoms with E-state index in [1.807, 2.05) is 23.1 Å². The summed E-state index contributed by atoms with van der Waals surface area (Å²) in [5, 5.41) is 3.61. The van der Waals surface area contributed by atoms with Crippen LogP contribution in [0.2, 0.25) is 0 Å². The normalized spacial score (nSPS) is 19.5. The molecule has 7 nitrogen and oxygen atoms in total. The quantitative estimate of drug-likeness (QED) is 0.858. The number of likely N-dealkylation sites (N-methyl/N-ethyl adjacent to an activating group) is 1. The van der Waals surface area contributed by atoms with Gasteiger partial charge in [-0.25, -0.2) is 9.97 Å². The summed E-state index contributed by atoms with van der Waals surface area (Å²) in [5.74, 6) is 1.60. The smallest absolute Gasteiger partial charge is 0.219 e. The molecule has 2 aliphatic rings. The van der Waals surface area contributed by atoms with Crippen molar-refractivity contribution in [1.29, 1.82) is 0 Å². The Bertz CT molecular complexity index is 840. The number of hydrogen-bond donors (Lipinski definition) is 1. The third-order valence-corrected chi connectivity index (χ3v) is 5.81. The number of carbonyl (C=O) groups is 1. The molecule has 148 valence electrons. The Morgan fingerprint density at radius 1 is 1.29 bits per heavy atom. The number of pyridine rings is 1. The van der Waals surface area contributed by atoms with Crippen LogP contribution >= 0.6 is 0 Å². The van der Waals surface area contributed by atoms with E-state index >= 15 is 0 Å². The molecule has 0 radical (unpaired) electrons. The number of nitrogens with zero attached hydrogens (tertiary/aromatic N) is 5. The molecule has 1 fully saturated rings. The van der Waals surface area contributed by atoms with Crippen LogP contribution < -0.4 is 5.32 Å². The molecular weight excluding hydrogens is 352 g/mol. The van der Waals surface area contributed by atoms with Crippen molar-refractivity contribution in [2.45, 2.75) is 45.7 Å². The number of carbonyl (C=O) groups excluding carboxylic acids is 1. The molecule has 1 N–H and O–H groups in total. The van der Waals surface area contributed by atoms with E-state index in [9.17, 15) is 4.79 Å². The van der Waals surface area contributed by atoms with Crippen molar-refractivity contribution >= 4 is 11.7 Å². The fourth-order valence-electron chi connectivity index (χ4n) is 4.21. The number of fused-ring (bicyclic) bond motifs is 1. The monoisotopic (exact) mass is 380 g/mol. The second kappa shape index (κ2) is 8.22. The molecule has 2 aromatic rings. The Hall–Kier alpha value is -2.54. The van der Waals surface area contributed by atoms with Gasteiger partial charge in [0, 0.05) is 37.8 Å². The van der Waals surface area contributed by atoms with E-state index in [0.717, 1.165) is 42.3 Å². The van der Waals surface area contributed by atoms with Gasteiger partial charge in [0.05, 0.1) is 12.2 Å². The zero-order valence-electron chi connectivity index (χ0n) is 16.7. The standard InChI is InChI=1S/C21H28N6O/c1-3-26-11-6-7-16(26)13-23-20-17-9-12-27(15(2)28)14-19(17)24-21(25-20)18-8-4-5-10-22-18/h4-5,8,10,16H,3,6-7,9,11-14H2,1-2H3,(H,23,24,25)/t16-/m1/s1. The van der Waals surface area contributed by atoms with E-state index in [0.29, 0.717) is 25.0 Å². The summed E-state index contributed by atoms with van der Waals surface area (Å²) in [6.07, 6.45) is 5.01. The van der Waals surface area contributed by atoms with Gasteiger partial charge in [-0.15, -0.1) is 0 Å². The van der Waals surface area contributed by atoms with Crippen LogP contribution in [0.15, 0.2) is 24.4 Å². The number of likely N-dealkylation sites (tertiary alicyclic amines) is 1. The molecule has 1 saturated heterocycles. The number of rotatable bonds is 5. The summed E-state index contributed by atoms with van der Waals surface area (Å²) < 4.78 is 0. The van der Waals surface area contributed by atoms with Gasteiger partial charge in [-0.3, -0.25) is 14.7 Å². The first-order valence-electron chi connectivity index (χ1n) is 10.2. The molecule has 0 aromatic carbocycles. The highest BCUT2D eigenvalue weighted by Gasteiger charge is 2.26. The number of nitrogens with one attached hydrogen (secondary N) is 1. The van der Waals surface area contributed by atoms with Crippen LogP contribution in [0.3, 0.4) is 0 Å². The lowest BCUT2D eigenvalue weighted by atomic mass is 10.0. The van der Waals surface area contributed by atoms with Crippen LogP contribution in [0.5, 0.6) is 0 Å². The van der Waals surface area contributed by atoms with Gasteiger partial charge in [0.1, 0.15) is 11.5 Å². The maximum atomic E-state index is 11.9. The lowest BCUT2D eigenvalue weighted by Crippen LogP contribution is -2.37. The van der Waals surface area contributed by atoms with E-state index < -0.39 is 0 Å². The Morgan fingerprint density at radius 3 is 2.93 bits per heavy atom. The largest absolute Gasteiger partial charge is 0.368 e. The molecule has 0 unspecified atom stereocenters. The van der Waals surface area contributed by atoms with Gasteiger partial charge in [-0.2, -0.15) is 0 Å². The van der Waals surface area contributed by atoms with Gasteiger partial charge >= 0.3 is 0 Å². The van der Waals surface area contributed by atoms with Gasteiger partial charge in [0.25, 0.3) is 0 Å². The van der Waals surface area contributed by atoms with Crippen LogP contribution in [0.25, 0.3) is 11.5 Å². The third kappa shape index (κ3) is 3.85. The molecule has 2 aromatic heterocycles. The lowest BCUT2D eigenvalue weighted by Gasteiger charge is -2.29. The predicted molar refractivity (Wildman–Crippen MR) is 109 cm³/mol. The predicted octanol–water partition coefficient (Wildman–Crippen LogP) is 2.34. The minimum absolute atomic E-state index is 0.0858. The molecule has 1 atom stereocenters. The van der Waals surface area contributed by atoms with Gasteiger partial charge in [-0.1, -0.05) is 13.0 Å². The van der Waals surface area contributed by atoms with Crippen molar-refractivity contribution < 1.29 is 4.79 Å². The van der Waals surface area contributed by atoms with Crippen LogP contribution in [0.4, 0.5) is 5.82 Å². The number of hydrogen-bond acceptors (Lipinski definition) is 6. The van der Waals surface area contributed by atoms with Crippen molar-refractivity contribution in [2.24, 2.45) is 0 Å². The minimum Gasteiger partial charge on any atom is -0.368 e. The summed E-state index contributed by atoms with van der Waals surface area (Å²) in [7, 11) is 0. The van der Waals surface area contributed by atoms with Gasteiger partial charge in [0.2, 0.25) is 5.91 Å². The molecular formula is C21H28N6O. The van der Waals surface area contributed by atoms with E-state index in [1.165, 1.54) is 19.4 Å². The first kappa shape index (κ1) is 18.8. The first-order chi connectivity index (χ1) is 13.7. The molecule has 0 saturated carbocycles. The zero-order chi connectivity index (χ0) is 19.5. The fraction of sp³-hybridized carbons (Fsp3) is 0.524. The summed E-state index contributed by atoms with van der Waals surface area (Å²) in [5.41, 5.74) is 2.82. The van der Waals surface area contributed by atoms with Crippen molar-refractivity contribution in [3.05, 3.63) is 35.7 Å². The van der Waals surface area contributed by atoms with Crippen molar-refractivity contribution in [1.82, 2.24) is 24.8 Å². The highest BCUT2D eigenvalue weighted by Crippen LogP contribution is 2.27. The molecule has 28 heavy (non-hydrogen) atoms. The fourth-order valence-corrected chi connectivity index (χ4v) is 4.21. The van der Waals surface area contributed by atoms with Crippen LogP contribution in [0, 0.1) is 0 Å². The van der Waals surface area contributed by atoms with Crippen LogP contribution in [-0.4, -0.2) is 62.9 Å². The summed E-state index contributed by atoms with van der Waals surface area (Å²) >= 11 is 0. The lowest BCUT2D eigenvalue weighted by molar-refractivity contribution is -0.129. The average molecular weight is 380 g/mol. The summed E-state index contributed by atoms with van der Waals surface area (Å²) in [6, 6.07) is 6.30. The van der Waals surface area contributed by atoms with E-state index in [-0.39, 0.29) is 5.91 Å². The Labute approximate surface area is 166 Å². The molecule has 0 bridgehead atoms. The van der Waals surface area contributed by atoms with Gasteiger partial charge in [-0.05, 0) is 44.5 Å². The molecule has 4 heterocycles. The third-order valence-electron chi connectivity index (χ3n) is 5.81. The number of aromatic nitrogens is 3. The van der Waals surface area contributed by atoms with E-state index in [2.05, 4.69) is 22.1 Å². The van der Waals surface area contributed by atoms with Crippen LogP contribution in [-0.2, 0) is 17.8 Å². The summed E-state index contributed by atoms with van der Waals surface area (Å²) in [4.78, 5) is 30.3. The molecule has 2 aliphatic heterocycles. The number of amides is 1. The maximum Gasteiger partial charge on any atom is 0.219 e. The van der Waals surface area contributed by atoms with Crippen molar-refractivity contribution in [3.63, 3.8) is 0 Å². The Balaban J connectivity index is 1.64. The number of anilines is 1. The van der Waals surface area contributed by atoms with Gasteiger partial charge < -0.3 is 10.2 Å². The zero-order valence-corrected chi connectivity index (χ0v) is 16.7. The van der Waals surface area contributed by atoms with Crippen LogP contribution in [0.1, 0.15) is 37.9 Å². The highest BCUT2D eigenvalue weighted by atomic mass is 16.2. The van der Waals surface area contributed by atoms with E-state index in [1.54, 1.807) is 13.1 Å². The van der Waals surface area contributed by atoms with E-state index in [4.69, 9.17) is 9.97 Å². The molecule has 4 rings (SSSR count). The maximum absolute atomic E-state index is 11.9. The Kier molecular flexibility index (Phi) is 5.52. The second-order valence-corrected chi connectivity index (χ2v) is 7.53. The SMILES string of the molecule is CCN1CCC[C@@H]1CNc1nc(-c2ccccn2)nc2c1CCN(C(C)=O)C2. The average Bonchev–Trinajstić information content (AvgIpc) is 3.19. The van der Waals surface area contributed by atoms with Crippen molar-refractivity contribution in [2.75, 3.05) is 31.5 Å². The molecule has 0 spiro atoms. The first-order valence-corrected chi connectivity index (χ1v) is 10.2. The highest BCUT2D eigenvalue weighted by molar-refractivity contribution is 5.74. The van der Waals surface area contributed by atoms with Crippen molar-refractivity contribution in [3.8, 4) is 11.5 Å². The topological polar surface area (TPSA) is 74.2 Å².